The van der Waals surface area contributed by atoms with E-state index in [1.807, 2.05) is 0 Å². The molecule has 0 amide bonds. The largest absolute Gasteiger partial charge is 0.472 e. The fraction of sp³-hybridized carbons (Fsp3) is 0.583. The number of nitrogen functional groups attached to an aromatic ring is 2. The molecule has 8 N–H and O–H groups in total. The molecule has 26 heteroatoms. The summed E-state index contributed by atoms with van der Waals surface area (Å²) in [6.45, 7) is -0.879. The summed E-state index contributed by atoms with van der Waals surface area (Å²) >= 11 is 0. The van der Waals surface area contributed by atoms with Crippen LogP contribution in [0.15, 0.2) is 23.8 Å². The summed E-state index contributed by atoms with van der Waals surface area (Å²) < 4.78 is 72.6. The van der Waals surface area contributed by atoms with E-state index in [1.165, 1.54) is 32.8 Å². The number of imidazole rings is 2. The smallest absolute Gasteiger partial charge is 0.387 e. The SMILES string of the molecule is Nc1nc2c(ncn2C2OC3COP(=O)(O)OC4C(COP(=O)(N5CCOCC5)OC2C3O)OC(n2cnc3c(N)ncnc32)C4O)c(=O)[nH]1. The molecule has 8 rings (SSSR count). The van der Waals surface area contributed by atoms with Gasteiger partial charge in [-0.2, -0.15) is 4.98 Å². The molecule has 0 saturated carbocycles. The minimum Gasteiger partial charge on any atom is -0.387 e. The van der Waals surface area contributed by atoms with Gasteiger partial charge in [-0.1, -0.05) is 0 Å². The zero-order chi connectivity index (χ0) is 34.9. The number of H-pyrrole nitrogens is 1. The van der Waals surface area contributed by atoms with E-state index in [4.69, 9.17) is 43.8 Å². The molecule has 4 saturated heterocycles. The number of aliphatic hydroxyl groups excluding tert-OH is 2. The Hall–Kier alpha value is -3.48. The zero-order valence-corrected chi connectivity index (χ0v) is 27.4. The minimum absolute atomic E-state index is 0.0562. The van der Waals surface area contributed by atoms with Gasteiger partial charge >= 0.3 is 15.6 Å². The Labute approximate surface area is 279 Å². The van der Waals surface area contributed by atoms with Crippen molar-refractivity contribution in [2.75, 3.05) is 51.0 Å². The summed E-state index contributed by atoms with van der Waals surface area (Å²) in [5.41, 5.74) is 11.2. The predicted molar refractivity (Wildman–Crippen MR) is 164 cm³/mol. The molecule has 0 spiro atoms. The highest BCUT2D eigenvalue weighted by atomic mass is 31.2. The molecule has 24 nitrogen and oxygen atoms in total. The molecule has 4 aromatic rings. The summed E-state index contributed by atoms with van der Waals surface area (Å²) in [7, 11) is -9.52. The van der Waals surface area contributed by atoms with E-state index in [0.717, 1.165) is 0 Å². The molecular weight excluding hydrogens is 712 g/mol. The summed E-state index contributed by atoms with van der Waals surface area (Å²) in [5, 5.41) is 22.9. The number of nitrogens with two attached hydrogens (primary N) is 2. The average Bonchev–Trinajstić information content (AvgIpc) is 3.85. The Morgan fingerprint density at radius 3 is 2.32 bits per heavy atom. The first-order valence-electron chi connectivity index (χ1n) is 15.2. The van der Waals surface area contributed by atoms with Crippen molar-refractivity contribution in [1.29, 1.82) is 0 Å². The Kier molecular flexibility index (Phi) is 8.50. The van der Waals surface area contributed by atoms with Crippen LogP contribution in [-0.2, 0) is 41.4 Å². The molecular formula is C24H31N11O13P2. The van der Waals surface area contributed by atoms with E-state index in [0.29, 0.717) is 0 Å². The Morgan fingerprint density at radius 1 is 0.840 bits per heavy atom. The first-order valence-corrected chi connectivity index (χ1v) is 18.2. The highest BCUT2D eigenvalue weighted by molar-refractivity contribution is 7.51. The molecule has 4 aliphatic rings. The number of hydrogen-bond acceptors (Lipinski definition) is 19. The van der Waals surface area contributed by atoms with E-state index in [2.05, 4.69) is 29.9 Å². The molecule has 0 aliphatic carbocycles. The van der Waals surface area contributed by atoms with Gasteiger partial charge in [0.1, 0.15) is 48.5 Å². The van der Waals surface area contributed by atoms with Gasteiger partial charge in [-0.25, -0.2) is 33.7 Å². The van der Waals surface area contributed by atoms with Crippen molar-refractivity contribution in [2.24, 2.45) is 0 Å². The lowest BCUT2D eigenvalue weighted by molar-refractivity contribution is -0.0676. The Bertz CT molecular complexity index is 2070. The maximum absolute atomic E-state index is 14.9. The maximum Gasteiger partial charge on any atom is 0.472 e. The molecule has 4 aromatic heterocycles. The number of aromatic nitrogens is 8. The molecule has 4 fully saturated rings. The van der Waals surface area contributed by atoms with Crippen LogP contribution >= 0.6 is 15.6 Å². The van der Waals surface area contributed by atoms with Crippen molar-refractivity contribution in [3.8, 4) is 0 Å². The van der Waals surface area contributed by atoms with Crippen molar-refractivity contribution in [3.05, 3.63) is 29.3 Å². The second-order valence-corrected chi connectivity index (χ2v) is 15.1. The molecule has 2 bridgehead atoms. The van der Waals surface area contributed by atoms with Crippen LogP contribution in [0.1, 0.15) is 12.5 Å². The number of hydrogen-bond donors (Lipinski definition) is 6. The summed E-state index contributed by atoms with van der Waals surface area (Å²) in [5.74, 6) is -0.179. The standard InChI is InChI=1S/C24H31N11O13P2/c25-18-12-19(28-7-27-18)34(8-29-12)22-15(37)16-11(46-22)6-43-49(39,33-1-3-42-4-2-33)47-17-14(36)10(5-44-50(40,41)48-16)45-23(17)35-9-30-13-20(35)31-24(26)32-21(13)38/h7-11,14-17,22-23,36-37H,1-6H2,(H,40,41)(H2,25,27,28)(H3,26,31,32,38). The number of morpholine rings is 1. The van der Waals surface area contributed by atoms with Crippen LogP contribution in [0.3, 0.4) is 0 Å². The predicted octanol–water partition coefficient (Wildman–Crippen LogP) is -2.00. The van der Waals surface area contributed by atoms with E-state index in [-0.39, 0.29) is 60.4 Å². The molecule has 8 heterocycles. The number of phosphoric ester groups is 1. The van der Waals surface area contributed by atoms with Gasteiger partial charge in [0.2, 0.25) is 5.95 Å². The quantitative estimate of drug-likeness (QED) is 0.124. The number of nitrogens with zero attached hydrogens (tertiary/aromatic N) is 8. The van der Waals surface area contributed by atoms with Crippen LogP contribution < -0.4 is 17.0 Å². The first kappa shape index (κ1) is 33.7. The number of ether oxygens (including phenoxy) is 3. The number of rotatable bonds is 3. The van der Waals surface area contributed by atoms with Gasteiger partial charge in [-0.3, -0.25) is 37.0 Å². The third-order valence-corrected chi connectivity index (χ3v) is 11.7. The van der Waals surface area contributed by atoms with Crippen LogP contribution in [0.25, 0.3) is 22.3 Å². The summed E-state index contributed by atoms with van der Waals surface area (Å²) in [4.78, 5) is 46.1. The number of aliphatic hydroxyl groups is 2. The molecule has 4 aliphatic heterocycles. The van der Waals surface area contributed by atoms with Crippen LogP contribution in [0.4, 0.5) is 11.8 Å². The minimum atomic E-state index is -5.06. The highest BCUT2D eigenvalue weighted by Crippen LogP contribution is 2.58. The lowest BCUT2D eigenvalue weighted by atomic mass is 10.1. The van der Waals surface area contributed by atoms with Crippen molar-refractivity contribution in [3.63, 3.8) is 0 Å². The van der Waals surface area contributed by atoms with E-state index < -0.39 is 83.4 Å². The van der Waals surface area contributed by atoms with E-state index in [9.17, 15) is 29.0 Å². The molecule has 270 valence electrons. The topological polar surface area (TPSA) is 322 Å². The van der Waals surface area contributed by atoms with E-state index in [1.54, 1.807) is 0 Å². The van der Waals surface area contributed by atoms with Gasteiger partial charge < -0.3 is 40.8 Å². The Morgan fingerprint density at radius 2 is 1.54 bits per heavy atom. The second kappa shape index (κ2) is 12.6. The zero-order valence-electron chi connectivity index (χ0n) is 25.6. The van der Waals surface area contributed by atoms with Gasteiger partial charge in [0, 0.05) is 13.1 Å². The lowest BCUT2D eigenvalue weighted by Gasteiger charge is -2.36. The molecule has 10 unspecified atom stereocenters. The van der Waals surface area contributed by atoms with Crippen LogP contribution in [0.5, 0.6) is 0 Å². The summed E-state index contributed by atoms with van der Waals surface area (Å²) in [6.07, 6.45) is -8.26. The van der Waals surface area contributed by atoms with Crippen LogP contribution in [0, 0.1) is 0 Å². The van der Waals surface area contributed by atoms with Gasteiger partial charge in [0.25, 0.3) is 5.56 Å². The maximum atomic E-state index is 14.9. The molecule has 50 heavy (non-hydrogen) atoms. The molecule has 10 atom stereocenters. The normalized spacial score (nSPS) is 37.3. The van der Waals surface area contributed by atoms with Crippen molar-refractivity contribution in [1.82, 2.24) is 43.7 Å². The number of fused-ring (bicyclic) bond motifs is 5. The van der Waals surface area contributed by atoms with Crippen LogP contribution in [0.2, 0.25) is 0 Å². The van der Waals surface area contributed by atoms with Gasteiger partial charge in [0.15, 0.2) is 35.1 Å². The number of nitrogens with one attached hydrogen (secondary N) is 1. The molecule has 0 radical (unpaired) electrons. The Balaban J connectivity index is 1.17. The number of aromatic amines is 1. The lowest BCUT2D eigenvalue weighted by Crippen LogP contribution is -2.41. The summed E-state index contributed by atoms with van der Waals surface area (Å²) in [6, 6.07) is 0. The third-order valence-electron chi connectivity index (χ3n) is 8.66. The van der Waals surface area contributed by atoms with Crippen LogP contribution in [-0.4, -0.2) is 135 Å². The van der Waals surface area contributed by atoms with Crippen molar-refractivity contribution < 1.29 is 56.5 Å². The fourth-order valence-corrected chi connectivity index (χ4v) is 9.09. The van der Waals surface area contributed by atoms with Gasteiger partial charge in [0.05, 0.1) is 39.1 Å². The third kappa shape index (κ3) is 5.81. The second-order valence-electron chi connectivity index (χ2n) is 11.7. The average molecular weight is 744 g/mol. The first-order chi connectivity index (χ1) is 23.9. The monoisotopic (exact) mass is 743 g/mol. The van der Waals surface area contributed by atoms with Gasteiger partial charge in [-0.15, -0.1) is 0 Å². The fourth-order valence-electron chi connectivity index (χ4n) is 6.24. The molecule has 0 aromatic carbocycles. The van der Waals surface area contributed by atoms with Crippen molar-refractivity contribution >= 4 is 49.7 Å². The highest BCUT2D eigenvalue weighted by Gasteiger charge is 2.55. The van der Waals surface area contributed by atoms with E-state index >= 15 is 0 Å². The van der Waals surface area contributed by atoms with Gasteiger partial charge in [-0.05, 0) is 0 Å². The number of phosphoric acid groups is 1. The van der Waals surface area contributed by atoms with Crippen molar-refractivity contribution in [2.45, 2.75) is 49.1 Å². The number of anilines is 2.